The highest BCUT2D eigenvalue weighted by molar-refractivity contribution is 9.10. The fourth-order valence-corrected chi connectivity index (χ4v) is 3.71. The van der Waals surface area contributed by atoms with Crippen molar-refractivity contribution < 1.29 is 4.74 Å². The van der Waals surface area contributed by atoms with E-state index < -0.39 is 0 Å². The average molecular weight is 352 g/mol. The Bertz CT molecular complexity index is 460. The van der Waals surface area contributed by atoms with Gasteiger partial charge in [0.1, 0.15) is 0 Å². The van der Waals surface area contributed by atoms with Crippen LogP contribution in [0.15, 0.2) is 28.7 Å². The minimum Gasteiger partial charge on any atom is -0.375 e. The lowest BCUT2D eigenvalue weighted by atomic mass is 9.92. The number of hydrogen-bond acceptors (Lipinski definition) is 2. The van der Waals surface area contributed by atoms with Crippen molar-refractivity contribution in [3.8, 4) is 0 Å². The largest absolute Gasteiger partial charge is 0.375 e. The lowest BCUT2D eigenvalue weighted by Crippen LogP contribution is -2.29. The zero-order valence-corrected chi connectivity index (χ0v) is 14.4. The molecule has 2 aliphatic rings. The van der Waals surface area contributed by atoms with E-state index in [9.17, 15) is 0 Å². The molecule has 3 heteroatoms. The average Bonchev–Trinajstić information content (AvgIpc) is 3.21. The van der Waals surface area contributed by atoms with E-state index in [-0.39, 0.29) is 0 Å². The first-order chi connectivity index (χ1) is 10.2. The first-order valence-electron chi connectivity index (χ1n) is 8.33. The minimum absolute atomic E-state index is 0.454. The summed E-state index contributed by atoms with van der Waals surface area (Å²) in [5.74, 6) is 0.666. The summed E-state index contributed by atoms with van der Waals surface area (Å²) in [5, 5.41) is 3.71. The highest BCUT2D eigenvalue weighted by atomic mass is 79.9. The van der Waals surface area contributed by atoms with Gasteiger partial charge in [-0.15, -0.1) is 0 Å². The molecule has 1 aliphatic heterocycles. The SMILES string of the molecule is CC1CCC(CC(CNC2CC2)Cc2ccccc2Br)O1. The van der Waals surface area contributed by atoms with Crippen LogP contribution in [-0.4, -0.2) is 24.8 Å². The standard InChI is InChI=1S/C18H26BrNO/c1-13-6-9-17(21-13)11-14(12-20-16-7-8-16)10-15-4-2-3-5-18(15)19/h2-5,13-14,16-17,20H,6-12H2,1H3. The Kier molecular flexibility index (Phi) is 5.36. The molecule has 2 nitrogen and oxygen atoms in total. The lowest BCUT2D eigenvalue weighted by molar-refractivity contribution is 0.0407. The third kappa shape index (κ3) is 4.80. The predicted octanol–water partition coefficient (Wildman–Crippen LogP) is 4.32. The molecule has 0 amide bonds. The Morgan fingerprint density at radius 2 is 2.05 bits per heavy atom. The number of ether oxygens (including phenoxy) is 1. The van der Waals surface area contributed by atoms with Crippen LogP contribution in [0.5, 0.6) is 0 Å². The van der Waals surface area contributed by atoms with Crippen molar-refractivity contribution in [2.24, 2.45) is 5.92 Å². The molecule has 1 aromatic rings. The summed E-state index contributed by atoms with van der Waals surface area (Å²) < 4.78 is 7.28. The van der Waals surface area contributed by atoms with Gasteiger partial charge in [0, 0.05) is 10.5 Å². The number of halogens is 1. The second kappa shape index (κ2) is 7.26. The molecule has 1 saturated carbocycles. The summed E-state index contributed by atoms with van der Waals surface area (Å²) >= 11 is 3.69. The van der Waals surface area contributed by atoms with Gasteiger partial charge in [0.05, 0.1) is 12.2 Å². The summed E-state index contributed by atoms with van der Waals surface area (Å²) in [6, 6.07) is 9.41. The molecule has 0 radical (unpaired) electrons. The van der Waals surface area contributed by atoms with Gasteiger partial charge in [0.2, 0.25) is 0 Å². The lowest BCUT2D eigenvalue weighted by Gasteiger charge is -2.22. The smallest absolute Gasteiger partial charge is 0.0583 e. The molecule has 21 heavy (non-hydrogen) atoms. The maximum Gasteiger partial charge on any atom is 0.0583 e. The summed E-state index contributed by atoms with van der Waals surface area (Å²) in [6.45, 7) is 3.32. The molecule has 1 saturated heterocycles. The topological polar surface area (TPSA) is 21.3 Å². The Labute approximate surface area is 136 Å². The van der Waals surface area contributed by atoms with Crippen LogP contribution in [0.25, 0.3) is 0 Å². The molecule has 0 aromatic heterocycles. The Hall–Kier alpha value is -0.380. The van der Waals surface area contributed by atoms with Crippen LogP contribution in [0.2, 0.25) is 0 Å². The molecular weight excluding hydrogens is 326 g/mol. The van der Waals surface area contributed by atoms with E-state index in [2.05, 4.69) is 52.4 Å². The molecule has 0 bridgehead atoms. The summed E-state index contributed by atoms with van der Waals surface area (Å²) in [4.78, 5) is 0. The van der Waals surface area contributed by atoms with Crippen LogP contribution in [0.3, 0.4) is 0 Å². The van der Waals surface area contributed by atoms with Crippen molar-refractivity contribution in [3.63, 3.8) is 0 Å². The van der Waals surface area contributed by atoms with Crippen LogP contribution in [0.1, 0.15) is 44.6 Å². The van der Waals surface area contributed by atoms with Crippen LogP contribution in [-0.2, 0) is 11.2 Å². The molecule has 3 atom stereocenters. The van der Waals surface area contributed by atoms with Gasteiger partial charge < -0.3 is 10.1 Å². The van der Waals surface area contributed by atoms with Gasteiger partial charge in [-0.25, -0.2) is 0 Å². The second-order valence-corrected chi connectivity index (χ2v) is 7.58. The summed E-state index contributed by atoms with van der Waals surface area (Å²) in [6.07, 6.45) is 8.42. The van der Waals surface area contributed by atoms with Gasteiger partial charge in [0.25, 0.3) is 0 Å². The Morgan fingerprint density at radius 1 is 1.24 bits per heavy atom. The van der Waals surface area contributed by atoms with E-state index in [4.69, 9.17) is 4.74 Å². The molecule has 1 aromatic carbocycles. The first kappa shape index (κ1) is 15.5. The zero-order valence-electron chi connectivity index (χ0n) is 12.9. The van der Waals surface area contributed by atoms with E-state index in [1.807, 2.05) is 0 Å². The van der Waals surface area contributed by atoms with Gasteiger partial charge in [-0.3, -0.25) is 0 Å². The fourth-order valence-electron chi connectivity index (χ4n) is 3.26. The van der Waals surface area contributed by atoms with Crippen molar-refractivity contribution in [2.45, 2.75) is 63.7 Å². The Morgan fingerprint density at radius 3 is 2.71 bits per heavy atom. The first-order valence-corrected chi connectivity index (χ1v) is 9.12. The third-order valence-electron chi connectivity index (χ3n) is 4.66. The maximum atomic E-state index is 6.04. The van der Waals surface area contributed by atoms with Crippen LogP contribution >= 0.6 is 15.9 Å². The number of hydrogen-bond donors (Lipinski definition) is 1. The Balaban J connectivity index is 1.59. The maximum absolute atomic E-state index is 6.04. The van der Waals surface area contributed by atoms with Crippen molar-refractivity contribution in [3.05, 3.63) is 34.3 Å². The van der Waals surface area contributed by atoms with Gasteiger partial charge >= 0.3 is 0 Å². The molecular formula is C18H26BrNO. The minimum atomic E-state index is 0.454. The molecule has 1 heterocycles. The van der Waals surface area contributed by atoms with E-state index in [0.29, 0.717) is 18.1 Å². The molecule has 1 aliphatic carbocycles. The van der Waals surface area contributed by atoms with Crippen molar-refractivity contribution in [2.75, 3.05) is 6.54 Å². The van der Waals surface area contributed by atoms with E-state index in [1.165, 1.54) is 42.1 Å². The van der Waals surface area contributed by atoms with Crippen LogP contribution in [0, 0.1) is 5.92 Å². The highest BCUT2D eigenvalue weighted by Gasteiger charge is 2.27. The van der Waals surface area contributed by atoms with Gasteiger partial charge in [-0.1, -0.05) is 34.1 Å². The number of rotatable bonds is 7. The summed E-state index contributed by atoms with van der Waals surface area (Å²) in [5.41, 5.74) is 1.42. The number of nitrogens with one attached hydrogen (secondary N) is 1. The monoisotopic (exact) mass is 351 g/mol. The molecule has 0 spiro atoms. The van der Waals surface area contributed by atoms with E-state index in [0.717, 1.165) is 19.0 Å². The predicted molar refractivity (Wildman–Crippen MR) is 90.5 cm³/mol. The van der Waals surface area contributed by atoms with Gasteiger partial charge in [0.15, 0.2) is 0 Å². The third-order valence-corrected chi connectivity index (χ3v) is 5.43. The molecule has 3 unspecified atom stereocenters. The van der Waals surface area contributed by atoms with Crippen molar-refractivity contribution in [1.29, 1.82) is 0 Å². The molecule has 2 fully saturated rings. The van der Waals surface area contributed by atoms with Crippen LogP contribution in [0.4, 0.5) is 0 Å². The number of benzene rings is 1. The van der Waals surface area contributed by atoms with Crippen molar-refractivity contribution in [1.82, 2.24) is 5.32 Å². The highest BCUT2D eigenvalue weighted by Crippen LogP contribution is 2.28. The van der Waals surface area contributed by atoms with Crippen LogP contribution < -0.4 is 5.32 Å². The second-order valence-electron chi connectivity index (χ2n) is 6.73. The van der Waals surface area contributed by atoms with E-state index >= 15 is 0 Å². The van der Waals surface area contributed by atoms with Gasteiger partial charge in [-0.05, 0) is 69.5 Å². The fraction of sp³-hybridized carbons (Fsp3) is 0.667. The molecule has 116 valence electrons. The molecule has 1 N–H and O–H groups in total. The zero-order chi connectivity index (χ0) is 14.7. The molecule has 3 rings (SSSR count). The van der Waals surface area contributed by atoms with Crippen molar-refractivity contribution >= 4 is 15.9 Å². The van der Waals surface area contributed by atoms with Gasteiger partial charge in [-0.2, -0.15) is 0 Å². The summed E-state index contributed by atoms with van der Waals surface area (Å²) in [7, 11) is 0. The van der Waals surface area contributed by atoms with E-state index in [1.54, 1.807) is 0 Å². The normalized spacial score (nSPS) is 27.0. The quantitative estimate of drug-likeness (QED) is 0.789.